The van der Waals surface area contributed by atoms with Crippen LogP contribution in [0.25, 0.3) is 0 Å². The summed E-state index contributed by atoms with van der Waals surface area (Å²) in [5, 5.41) is 0. The molecule has 0 bridgehead atoms. The van der Waals surface area contributed by atoms with Crippen molar-refractivity contribution in [3.63, 3.8) is 0 Å². The third kappa shape index (κ3) is 3.70. The second-order valence-corrected chi connectivity index (χ2v) is 6.02. The maximum absolute atomic E-state index is 13.8. The van der Waals surface area contributed by atoms with Crippen molar-refractivity contribution in [2.75, 3.05) is 19.1 Å². The average Bonchev–Trinajstić information content (AvgIpc) is 2.45. The van der Waals surface area contributed by atoms with Crippen molar-refractivity contribution in [3.8, 4) is 5.75 Å². The fourth-order valence-electron chi connectivity index (χ4n) is 2.99. The minimum absolute atomic E-state index is 0. The van der Waals surface area contributed by atoms with Crippen LogP contribution in [0.15, 0.2) is 18.2 Å². The van der Waals surface area contributed by atoms with E-state index >= 15 is 0 Å². The molecule has 1 aromatic rings. The number of amides is 1. The third-order valence-electron chi connectivity index (χ3n) is 4.41. The van der Waals surface area contributed by atoms with Gasteiger partial charge in [0, 0.05) is 24.3 Å². The molecule has 0 heterocycles. The summed E-state index contributed by atoms with van der Waals surface area (Å²) in [6.45, 7) is 1.93. The van der Waals surface area contributed by atoms with Crippen LogP contribution >= 0.6 is 12.4 Å². The van der Waals surface area contributed by atoms with Crippen LogP contribution in [-0.4, -0.2) is 25.6 Å². The Labute approximate surface area is 137 Å². The summed E-state index contributed by atoms with van der Waals surface area (Å²) in [6, 6.07) is 4.51. The molecule has 1 saturated carbocycles. The predicted molar refractivity (Wildman–Crippen MR) is 88.2 cm³/mol. The fraction of sp³-hybridized carbons (Fsp3) is 0.562. The Hall–Kier alpha value is -1.33. The van der Waals surface area contributed by atoms with Gasteiger partial charge in [0.05, 0.1) is 13.0 Å². The monoisotopic (exact) mass is 330 g/mol. The molecular weight excluding hydrogens is 307 g/mol. The second-order valence-electron chi connectivity index (χ2n) is 6.02. The van der Waals surface area contributed by atoms with Gasteiger partial charge in [0.15, 0.2) is 11.6 Å². The van der Waals surface area contributed by atoms with E-state index in [0.717, 1.165) is 25.7 Å². The van der Waals surface area contributed by atoms with Crippen LogP contribution < -0.4 is 15.4 Å². The maximum atomic E-state index is 13.8. The topological polar surface area (TPSA) is 55.6 Å². The minimum Gasteiger partial charge on any atom is -0.494 e. The van der Waals surface area contributed by atoms with E-state index < -0.39 is 11.4 Å². The van der Waals surface area contributed by atoms with Gasteiger partial charge in [-0.05, 0) is 31.9 Å². The lowest BCUT2D eigenvalue weighted by Gasteiger charge is -2.39. The summed E-state index contributed by atoms with van der Waals surface area (Å²) in [7, 11) is 3.07. The average molecular weight is 331 g/mol. The molecule has 22 heavy (non-hydrogen) atoms. The number of nitrogens with two attached hydrogens (primary N) is 1. The molecule has 2 rings (SSSR count). The quantitative estimate of drug-likeness (QED) is 0.926. The van der Waals surface area contributed by atoms with E-state index in [-0.39, 0.29) is 30.0 Å². The molecule has 2 N–H and O–H groups in total. The summed E-state index contributed by atoms with van der Waals surface area (Å²) in [6.07, 6.45) is 3.69. The zero-order chi connectivity index (χ0) is 15.6. The summed E-state index contributed by atoms with van der Waals surface area (Å²) < 4.78 is 18.7. The van der Waals surface area contributed by atoms with Gasteiger partial charge in [-0.25, -0.2) is 4.39 Å². The van der Waals surface area contributed by atoms with Crippen molar-refractivity contribution >= 4 is 24.0 Å². The fourth-order valence-corrected chi connectivity index (χ4v) is 2.99. The molecule has 0 aliphatic heterocycles. The molecule has 1 aromatic carbocycles. The van der Waals surface area contributed by atoms with E-state index in [0.29, 0.717) is 5.69 Å². The van der Waals surface area contributed by atoms with Crippen LogP contribution in [-0.2, 0) is 4.79 Å². The number of anilines is 1. The lowest BCUT2D eigenvalue weighted by Crippen LogP contribution is -2.53. The van der Waals surface area contributed by atoms with Gasteiger partial charge < -0.3 is 15.4 Å². The number of carbonyl (C=O) groups excluding carboxylic acids is 1. The van der Waals surface area contributed by atoms with Crippen LogP contribution in [0.4, 0.5) is 10.1 Å². The van der Waals surface area contributed by atoms with E-state index in [2.05, 4.69) is 0 Å². The molecule has 0 spiro atoms. The van der Waals surface area contributed by atoms with Gasteiger partial charge in [0.2, 0.25) is 5.91 Å². The summed E-state index contributed by atoms with van der Waals surface area (Å²) >= 11 is 0. The summed E-state index contributed by atoms with van der Waals surface area (Å²) in [5.41, 5.74) is 6.29. The Morgan fingerprint density at radius 3 is 2.68 bits per heavy atom. The molecule has 2 unspecified atom stereocenters. The number of carbonyl (C=O) groups is 1. The number of ether oxygens (including phenoxy) is 1. The van der Waals surface area contributed by atoms with Gasteiger partial charge in [-0.15, -0.1) is 12.4 Å². The predicted octanol–water partition coefficient (Wildman–Crippen LogP) is 3.13. The van der Waals surface area contributed by atoms with Crippen LogP contribution in [0.2, 0.25) is 0 Å². The van der Waals surface area contributed by atoms with Gasteiger partial charge in [-0.2, -0.15) is 0 Å². The molecule has 1 amide bonds. The molecule has 1 aliphatic rings. The molecular formula is C16H24ClFN2O2. The first kappa shape index (κ1) is 18.7. The molecule has 0 radical (unpaired) electrons. The Bertz CT molecular complexity index is 537. The molecule has 0 saturated heterocycles. The first-order valence-electron chi connectivity index (χ1n) is 7.27. The molecule has 124 valence electrons. The Morgan fingerprint density at radius 1 is 1.45 bits per heavy atom. The SMILES string of the molecule is COc1ccc(N(C)C(=O)C2CCCCC2(C)N)cc1F.Cl. The molecule has 4 nitrogen and oxygen atoms in total. The number of nitrogens with zero attached hydrogens (tertiary/aromatic N) is 1. The van der Waals surface area contributed by atoms with Crippen molar-refractivity contribution in [3.05, 3.63) is 24.0 Å². The Balaban J connectivity index is 0.00000242. The van der Waals surface area contributed by atoms with Crippen molar-refractivity contribution in [1.82, 2.24) is 0 Å². The normalized spacial score (nSPS) is 24.3. The highest BCUT2D eigenvalue weighted by atomic mass is 35.5. The Kier molecular flexibility index (Phi) is 6.20. The van der Waals surface area contributed by atoms with Crippen LogP contribution in [0.1, 0.15) is 32.6 Å². The lowest BCUT2D eigenvalue weighted by atomic mass is 9.74. The van der Waals surface area contributed by atoms with Gasteiger partial charge in [0.25, 0.3) is 0 Å². The number of halogens is 2. The van der Waals surface area contributed by atoms with Crippen molar-refractivity contribution in [2.24, 2.45) is 11.7 Å². The van der Waals surface area contributed by atoms with E-state index in [1.165, 1.54) is 24.1 Å². The number of methoxy groups -OCH3 is 1. The summed E-state index contributed by atoms with van der Waals surface area (Å²) in [5.74, 6) is -0.583. The molecule has 1 fully saturated rings. The number of hydrogen-bond donors (Lipinski definition) is 1. The van der Waals surface area contributed by atoms with Crippen molar-refractivity contribution in [2.45, 2.75) is 38.1 Å². The number of benzene rings is 1. The first-order valence-corrected chi connectivity index (χ1v) is 7.27. The van der Waals surface area contributed by atoms with Gasteiger partial charge in [-0.1, -0.05) is 12.8 Å². The molecule has 1 aliphatic carbocycles. The number of rotatable bonds is 3. The van der Waals surface area contributed by atoms with E-state index in [1.807, 2.05) is 6.92 Å². The molecule has 6 heteroatoms. The van der Waals surface area contributed by atoms with Crippen LogP contribution in [0.3, 0.4) is 0 Å². The number of hydrogen-bond acceptors (Lipinski definition) is 3. The van der Waals surface area contributed by atoms with E-state index in [4.69, 9.17) is 10.5 Å². The van der Waals surface area contributed by atoms with Crippen molar-refractivity contribution in [1.29, 1.82) is 0 Å². The van der Waals surface area contributed by atoms with E-state index in [1.54, 1.807) is 13.1 Å². The molecule has 0 aromatic heterocycles. The largest absolute Gasteiger partial charge is 0.494 e. The Morgan fingerprint density at radius 2 is 2.14 bits per heavy atom. The van der Waals surface area contributed by atoms with Gasteiger partial charge in [-0.3, -0.25) is 4.79 Å². The second kappa shape index (κ2) is 7.29. The highest BCUT2D eigenvalue weighted by Gasteiger charge is 2.39. The first-order chi connectivity index (χ1) is 9.86. The zero-order valence-electron chi connectivity index (χ0n) is 13.3. The standard InChI is InChI=1S/C16H23FN2O2.ClH/c1-16(18)9-5-4-6-12(16)15(20)19(2)11-7-8-14(21-3)13(17)10-11;/h7-8,10,12H,4-6,9,18H2,1-3H3;1H. The third-order valence-corrected chi connectivity index (χ3v) is 4.41. The lowest BCUT2D eigenvalue weighted by molar-refractivity contribution is -0.125. The minimum atomic E-state index is -0.491. The summed E-state index contributed by atoms with van der Waals surface area (Å²) in [4.78, 5) is 14.2. The van der Waals surface area contributed by atoms with Crippen LogP contribution in [0.5, 0.6) is 5.75 Å². The van der Waals surface area contributed by atoms with Crippen LogP contribution in [0, 0.1) is 11.7 Å². The van der Waals surface area contributed by atoms with Gasteiger partial charge >= 0.3 is 0 Å². The van der Waals surface area contributed by atoms with E-state index in [9.17, 15) is 9.18 Å². The van der Waals surface area contributed by atoms with Crippen molar-refractivity contribution < 1.29 is 13.9 Å². The smallest absolute Gasteiger partial charge is 0.231 e. The maximum Gasteiger partial charge on any atom is 0.231 e. The van der Waals surface area contributed by atoms with Gasteiger partial charge in [0.1, 0.15) is 0 Å². The zero-order valence-corrected chi connectivity index (χ0v) is 14.1. The molecule has 2 atom stereocenters. The highest BCUT2D eigenvalue weighted by molar-refractivity contribution is 5.95. The highest BCUT2D eigenvalue weighted by Crippen LogP contribution is 2.34.